The molecule has 0 fully saturated rings. The first-order valence-corrected chi connectivity index (χ1v) is 6.05. The number of hydrogen-bond donors (Lipinski definition) is 0. The van der Waals surface area contributed by atoms with Gasteiger partial charge in [0, 0.05) is 18.9 Å². The highest BCUT2D eigenvalue weighted by molar-refractivity contribution is 5.89. The maximum absolute atomic E-state index is 12.1. The van der Waals surface area contributed by atoms with Gasteiger partial charge < -0.3 is 4.74 Å². The summed E-state index contributed by atoms with van der Waals surface area (Å²) in [5.41, 5.74) is 2.64. The quantitative estimate of drug-likeness (QED) is 0.770. The van der Waals surface area contributed by atoms with Crippen LogP contribution in [0, 0.1) is 13.8 Å². The fourth-order valence-electron chi connectivity index (χ4n) is 1.94. The van der Waals surface area contributed by atoms with Crippen LogP contribution in [-0.4, -0.2) is 27.8 Å². The lowest BCUT2D eigenvalue weighted by atomic mass is 10.0. The zero-order valence-electron chi connectivity index (χ0n) is 11.8. The molecule has 0 aromatic carbocycles. The third-order valence-corrected chi connectivity index (χ3v) is 3.21. The largest absolute Gasteiger partial charge is 0.464 e. The number of nitrogens with zero attached hydrogens (tertiary/aromatic N) is 3. The van der Waals surface area contributed by atoms with Crippen molar-refractivity contribution in [2.45, 2.75) is 13.8 Å². The van der Waals surface area contributed by atoms with E-state index in [0.29, 0.717) is 16.8 Å². The number of aryl methyl sites for hydroxylation is 2. The number of aromatic nitrogens is 3. The maximum atomic E-state index is 12.1. The molecule has 0 saturated heterocycles. The van der Waals surface area contributed by atoms with Gasteiger partial charge in [-0.3, -0.25) is 4.79 Å². The molecule has 104 valence electrons. The summed E-state index contributed by atoms with van der Waals surface area (Å²) in [4.78, 5) is 28.0. The van der Waals surface area contributed by atoms with E-state index in [4.69, 9.17) is 0 Å². The lowest BCUT2D eigenvalue weighted by Crippen LogP contribution is -2.21. The molecule has 6 heteroatoms. The molecule has 0 unspecified atom stereocenters. The van der Waals surface area contributed by atoms with Crippen LogP contribution in [0.25, 0.3) is 11.1 Å². The molecule has 20 heavy (non-hydrogen) atoms. The van der Waals surface area contributed by atoms with Gasteiger partial charge >= 0.3 is 5.97 Å². The first-order valence-electron chi connectivity index (χ1n) is 6.05. The van der Waals surface area contributed by atoms with Crippen molar-refractivity contribution in [1.29, 1.82) is 0 Å². The van der Waals surface area contributed by atoms with Crippen molar-refractivity contribution in [1.82, 2.24) is 14.8 Å². The van der Waals surface area contributed by atoms with Gasteiger partial charge in [0.05, 0.1) is 12.7 Å². The van der Waals surface area contributed by atoms with Crippen molar-refractivity contribution in [2.24, 2.45) is 7.05 Å². The Labute approximate surface area is 116 Å². The van der Waals surface area contributed by atoms with Crippen LogP contribution in [0.4, 0.5) is 0 Å². The molecule has 0 aliphatic heterocycles. The molecular formula is C14H15N3O3. The van der Waals surface area contributed by atoms with E-state index in [0.717, 1.165) is 5.56 Å². The molecule has 0 bridgehead atoms. The van der Waals surface area contributed by atoms with Crippen LogP contribution in [0.2, 0.25) is 0 Å². The van der Waals surface area contributed by atoms with Crippen molar-refractivity contribution >= 4 is 5.97 Å². The Bertz CT molecular complexity index is 735. The molecule has 2 heterocycles. The molecule has 2 aromatic rings. The number of rotatable bonds is 2. The molecule has 0 N–H and O–H groups in total. The van der Waals surface area contributed by atoms with Crippen molar-refractivity contribution in [3.05, 3.63) is 45.6 Å². The van der Waals surface area contributed by atoms with E-state index in [9.17, 15) is 9.59 Å². The van der Waals surface area contributed by atoms with Crippen molar-refractivity contribution in [3.63, 3.8) is 0 Å². The Morgan fingerprint density at radius 2 is 2.00 bits per heavy atom. The van der Waals surface area contributed by atoms with Crippen LogP contribution in [0.3, 0.4) is 0 Å². The van der Waals surface area contributed by atoms with Gasteiger partial charge in [-0.25, -0.2) is 14.5 Å². The molecule has 0 amide bonds. The monoisotopic (exact) mass is 273 g/mol. The van der Waals surface area contributed by atoms with Crippen LogP contribution in [0.15, 0.2) is 23.1 Å². The third kappa shape index (κ3) is 2.32. The van der Waals surface area contributed by atoms with E-state index in [2.05, 4.69) is 14.8 Å². The molecular weight excluding hydrogens is 258 g/mol. The van der Waals surface area contributed by atoms with Crippen LogP contribution in [-0.2, 0) is 11.8 Å². The molecule has 0 atom stereocenters. The predicted octanol–water partition coefficient (Wildman–Crippen LogP) is 1.25. The average molecular weight is 273 g/mol. The Kier molecular flexibility index (Phi) is 3.65. The van der Waals surface area contributed by atoms with Gasteiger partial charge in [-0.05, 0) is 37.1 Å². The average Bonchev–Trinajstić information content (AvgIpc) is 2.44. The van der Waals surface area contributed by atoms with E-state index in [1.165, 1.54) is 11.8 Å². The minimum Gasteiger partial charge on any atom is -0.464 e. The number of ether oxygens (including phenoxy) is 1. The first-order chi connectivity index (χ1) is 9.45. The van der Waals surface area contributed by atoms with Gasteiger partial charge in [-0.1, -0.05) is 0 Å². The first kappa shape index (κ1) is 13.9. The van der Waals surface area contributed by atoms with Gasteiger partial charge in [-0.15, -0.1) is 0 Å². The Morgan fingerprint density at radius 1 is 1.30 bits per heavy atom. The molecule has 6 nitrogen and oxygen atoms in total. The molecule has 0 saturated carbocycles. The number of methoxy groups -OCH3 is 1. The lowest BCUT2D eigenvalue weighted by Gasteiger charge is -2.10. The molecule has 0 aliphatic carbocycles. The van der Waals surface area contributed by atoms with Crippen molar-refractivity contribution in [3.8, 4) is 11.1 Å². The van der Waals surface area contributed by atoms with Crippen LogP contribution < -0.4 is 5.56 Å². The summed E-state index contributed by atoms with van der Waals surface area (Å²) in [5, 5.41) is 3.89. The molecule has 0 radical (unpaired) electrons. The SMILES string of the molecule is COC(=O)c1cc(-c2ccnn(C)c2=O)c(C)c(C)n1. The Hall–Kier alpha value is -2.50. The normalized spacial score (nSPS) is 10.4. The minimum absolute atomic E-state index is 0.185. The van der Waals surface area contributed by atoms with E-state index in [1.807, 2.05) is 6.92 Å². The number of carbonyl (C=O) groups is 1. The smallest absolute Gasteiger partial charge is 0.356 e. The van der Waals surface area contributed by atoms with Gasteiger partial charge in [-0.2, -0.15) is 5.10 Å². The highest BCUT2D eigenvalue weighted by Crippen LogP contribution is 2.23. The van der Waals surface area contributed by atoms with E-state index in [-0.39, 0.29) is 11.3 Å². The minimum atomic E-state index is -0.528. The molecule has 0 aliphatic rings. The zero-order valence-corrected chi connectivity index (χ0v) is 11.8. The highest BCUT2D eigenvalue weighted by Gasteiger charge is 2.16. The van der Waals surface area contributed by atoms with Gasteiger partial charge in [0.1, 0.15) is 5.69 Å². The summed E-state index contributed by atoms with van der Waals surface area (Å²) < 4.78 is 5.93. The number of carbonyl (C=O) groups excluding carboxylic acids is 1. The predicted molar refractivity (Wildman–Crippen MR) is 73.5 cm³/mol. The third-order valence-electron chi connectivity index (χ3n) is 3.21. The van der Waals surface area contributed by atoms with Gasteiger partial charge in [0.25, 0.3) is 5.56 Å². The second-order valence-electron chi connectivity index (χ2n) is 4.43. The van der Waals surface area contributed by atoms with E-state index < -0.39 is 5.97 Å². The summed E-state index contributed by atoms with van der Waals surface area (Å²) in [5.74, 6) is -0.528. The molecule has 0 spiro atoms. The number of hydrogen-bond acceptors (Lipinski definition) is 5. The standard InChI is InChI=1S/C14H15N3O3/c1-8-9(2)16-12(14(19)20-4)7-11(8)10-5-6-15-17(3)13(10)18/h5-7H,1-4H3. The maximum Gasteiger partial charge on any atom is 0.356 e. The fraction of sp³-hybridized carbons (Fsp3) is 0.286. The van der Waals surface area contributed by atoms with Crippen LogP contribution in [0.5, 0.6) is 0 Å². The molecule has 2 aromatic heterocycles. The van der Waals surface area contributed by atoms with Gasteiger partial charge in [0.2, 0.25) is 0 Å². The second kappa shape index (κ2) is 5.24. The summed E-state index contributed by atoms with van der Waals surface area (Å²) in [7, 11) is 2.88. The van der Waals surface area contributed by atoms with Crippen LogP contribution >= 0.6 is 0 Å². The number of pyridine rings is 1. The number of esters is 1. The second-order valence-corrected chi connectivity index (χ2v) is 4.43. The molecule has 2 rings (SSSR count). The summed E-state index contributed by atoms with van der Waals surface area (Å²) in [6.07, 6.45) is 1.55. The topological polar surface area (TPSA) is 74.1 Å². The van der Waals surface area contributed by atoms with Crippen molar-refractivity contribution in [2.75, 3.05) is 7.11 Å². The summed E-state index contributed by atoms with van der Waals surface area (Å²) >= 11 is 0. The van der Waals surface area contributed by atoms with E-state index >= 15 is 0 Å². The fourth-order valence-corrected chi connectivity index (χ4v) is 1.94. The van der Waals surface area contributed by atoms with Gasteiger partial charge in [0.15, 0.2) is 0 Å². The highest BCUT2D eigenvalue weighted by atomic mass is 16.5. The Balaban J connectivity index is 2.73. The summed E-state index contributed by atoms with van der Waals surface area (Å²) in [6.45, 7) is 3.65. The van der Waals surface area contributed by atoms with E-state index in [1.54, 1.807) is 32.3 Å². The van der Waals surface area contributed by atoms with Crippen molar-refractivity contribution < 1.29 is 9.53 Å². The zero-order chi connectivity index (χ0) is 14.9. The lowest BCUT2D eigenvalue weighted by molar-refractivity contribution is 0.0594. The summed E-state index contributed by atoms with van der Waals surface area (Å²) in [6, 6.07) is 3.20. The van der Waals surface area contributed by atoms with Crippen LogP contribution in [0.1, 0.15) is 21.7 Å². The Morgan fingerprint density at radius 3 is 2.65 bits per heavy atom.